The Kier molecular flexibility index (Phi) is 2.34. The number of anilines is 1. The molecule has 2 N–H and O–H groups in total. The fourth-order valence-electron chi connectivity index (χ4n) is 0.989. The van der Waals surface area contributed by atoms with Crippen molar-refractivity contribution in [3.05, 3.63) is 28.8 Å². The van der Waals surface area contributed by atoms with Crippen molar-refractivity contribution in [2.75, 3.05) is 5.73 Å². The fourth-order valence-corrected chi connectivity index (χ4v) is 1.22. The molecule has 1 aromatic carbocycles. The molecule has 0 fully saturated rings. The van der Waals surface area contributed by atoms with Crippen LogP contribution in [0, 0.1) is 6.07 Å². The summed E-state index contributed by atoms with van der Waals surface area (Å²) in [6, 6.07) is 6.64. The van der Waals surface area contributed by atoms with Gasteiger partial charge in [-0.15, -0.1) is 0 Å². The van der Waals surface area contributed by atoms with Gasteiger partial charge in [-0.2, -0.15) is 0 Å². The Hall–Kier alpha value is -0.690. The Morgan fingerprint density at radius 2 is 1.92 bits per heavy atom. The zero-order chi connectivity index (χ0) is 9.35. The van der Waals surface area contributed by atoms with Crippen molar-refractivity contribution in [2.24, 2.45) is 0 Å². The summed E-state index contributed by atoms with van der Waals surface area (Å²) in [7, 11) is 0. The average molecular weight is 183 g/mol. The summed E-state index contributed by atoms with van der Waals surface area (Å²) < 4.78 is 0. The summed E-state index contributed by atoms with van der Waals surface area (Å²) in [4.78, 5) is 0. The standard InChI is InChI=1S/C10H13ClN/c1-10(2,3)7-4-8(11)6-9(12)5-7/h4-5H,12H2,1-3H3. The number of halogens is 1. The van der Waals surface area contributed by atoms with E-state index in [4.69, 9.17) is 17.3 Å². The van der Waals surface area contributed by atoms with Crippen molar-refractivity contribution in [3.8, 4) is 0 Å². The lowest BCUT2D eigenvalue weighted by Gasteiger charge is -2.19. The van der Waals surface area contributed by atoms with Crippen molar-refractivity contribution in [2.45, 2.75) is 26.2 Å². The van der Waals surface area contributed by atoms with Gasteiger partial charge in [-0.1, -0.05) is 32.4 Å². The third kappa shape index (κ3) is 2.15. The first-order valence-electron chi connectivity index (χ1n) is 3.88. The van der Waals surface area contributed by atoms with E-state index in [2.05, 4.69) is 26.8 Å². The van der Waals surface area contributed by atoms with Gasteiger partial charge in [-0.3, -0.25) is 0 Å². The lowest BCUT2D eigenvalue weighted by Crippen LogP contribution is -2.11. The van der Waals surface area contributed by atoms with E-state index < -0.39 is 0 Å². The van der Waals surface area contributed by atoms with Crippen LogP contribution in [0.1, 0.15) is 26.3 Å². The average Bonchev–Trinajstić information content (AvgIpc) is 1.82. The molecule has 0 atom stereocenters. The highest BCUT2D eigenvalue weighted by Crippen LogP contribution is 2.26. The molecular weight excluding hydrogens is 170 g/mol. The summed E-state index contributed by atoms with van der Waals surface area (Å²) in [5.41, 5.74) is 7.45. The zero-order valence-electron chi connectivity index (χ0n) is 7.61. The molecule has 2 heteroatoms. The van der Waals surface area contributed by atoms with E-state index >= 15 is 0 Å². The first-order valence-corrected chi connectivity index (χ1v) is 4.26. The van der Waals surface area contributed by atoms with Gasteiger partial charge in [0.15, 0.2) is 0 Å². The summed E-state index contributed by atoms with van der Waals surface area (Å²) in [5, 5.41) is 0.583. The topological polar surface area (TPSA) is 26.0 Å². The Labute approximate surface area is 78.5 Å². The van der Waals surface area contributed by atoms with Gasteiger partial charge in [-0.25, -0.2) is 0 Å². The van der Waals surface area contributed by atoms with Crippen molar-refractivity contribution < 1.29 is 0 Å². The number of benzene rings is 1. The first-order chi connectivity index (χ1) is 5.39. The van der Waals surface area contributed by atoms with Gasteiger partial charge < -0.3 is 5.73 Å². The molecule has 0 aliphatic heterocycles. The smallest absolute Gasteiger partial charge is 0.0509 e. The first kappa shape index (κ1) is 9.40. The molecule has 0 saturated carbocycles. The van der Waals surface area contributed by atoms with E-state index in [-0.39, 0.29) is 5.41 Å². The highest BCUT2D eigenvalue weighted by atomic mass is 35.5. The van der Waals surface area contributed by atoms with Gasteiger partial charge in [0.05, 0.1) is 5.02 Å². The monoisotopic (exact) mass is 182 g/mol. The van der Waals surface area contributed by atoms with Crippen LogP contribution in [0.3, 0.4) is 0 Å². The fraction of sp³-hybridized carbons (Fsp3) is 0.400. The van der Waals surface area contributed by atoms with Gasteiger partial charge in [0.25, 0.3) is 0 Å². The number of hydrogen-bond donors (Lipinski definition) is 1. The van der Waals surface area contributed by atoms with E-state index in [9.17, 15) is 0 Å². The lowest BCUT2D eigenvalue weighted by atomic mass is 9.87. The van der Waals surface area contributed by atoms with Crippen molar-refractivity contribution in [1.29, 1.82) is 0 Å². The largest absolute Gasteiger partial charge is 0.398 e. The van der Waals surface area contributed by atoms with E-state index in [0.717, 1.165) is 5.56 Å². The maximum atomic E-state index is 5.82. The summed E-state index contributed by atoms with van der Waals surface area (Å²) in [6.45, 7) is 6.37. The predicted molar refractivity (Wildman–Crippen MR) is 53.4 cm³/mol. The second kappa shape index (κ2) is 2.98. The van der Waals surface area contributed by atoms with Crippen LogP contribution in [0.4, 0.5) is 5.69 Å². The minimum Gasteiger partial charge on any atom is -0.398 e. The normalized spacial score (nSPS) is 11.7. The molecule has 65 valence electrons. The highest BCUT2D eigenvalue weighted by Gasteiger charge is 2.14. The van der Waals surface area contributed by atoms with Crippen LogP contribution < -0.4 is 5.73 Å². The van der Waals surface area contributed by atoms with Crippen LogP contribution in [-0.4, -0.2) is 0 Å². The molecule has 1 rings (SSSR count). The molecule has 1 nitrogen and oxygen atoms in total. The Balaban J connectivity index is 3.18. The van der Waals surface area contributed by atoms with E-state index in [1.165, 1.54) is 0 Å². The molecule has 0 spiro atoms. The predicted octanol–water partition coefficient (Wildman–Crippen LogP) is 3.02. The minimum absolute atomic E-state index is 0.0901. The zero-order valence-corrected chi connectivity index (χ0v) is 8.37. The van der Waals surface area contributed by atoms with Crippen LogP contribution in [-0.2, 0) is 5.41 Å². The molecule has 0 heterocycles. The molecule has 0 saturated heterocycles. The quantitative estimate of drug-likeness (QED) is 0.614. The van der Waals surface area contributed by atoms with Gasteiger partial charge in [0.1, 0.15) is 0 Å². The second-order valence-electron chi connectivity index (χ2n) is 3.92. The Bertz CT molecular complexity index is 266. The van der Waals surface area contributed by atoms with Gasteiger partial charge >= 0.3 is 0 Å². The molecule has 0 bridgehead atoms. The van der Waals surface area contributed by atoms with Crippen molar-refractivity contribution in [3.63, 3.8) is 0 Å². The van der Waals surface area contributed by atoms with Crippen molar-refractivity contribution in [1.82, 2.24) is 0 Å². The molecule has 12 heavy (non-hydrogen) atoms. The van der Waals surface area contributed by atoms with Crippen LogP contribution in [0.25, 0.3) is 0 Å². The number of hydrogen-bond acceptors (Lipinski definition) is 1. The maximum Gasteiger partial charge on any atom is 0.0509 e. The molecule has 0 unspecified atom stereocenters. The number of nitrogens with two attached hydrogens (primary N) is 1. The molecule has 0 aliphatic rings. The molecular formula is C10H13ClN. The van der Waals surface area contributed by atoms with Crippen LogP contribution >= 0.6 is 11.6 Å². The summed E-state index contributed by atoms with van der Waals surface area (Å²) in [5.74, 6) is 0. The molecule has 0 amide bonds. The molecule has 0 aromatic heterocycles. The molecule has 1 radical (unpaired) electrons. The number of nitrogen functional groups attached to an aromatic ring is 1. The SMILES string of the molecule is CC(C)(C)c1cc(N)[c]c(Cl)c1. The lowest BCUT2D eigenvalue weighted by molar-refractivity contribution is 0.590. The minimum atomic E-state index is 0.0901. The van der Waals surface area contributed by atoms with E-state index in [1.807, 2.05) is 12.1 Å². The van der Waals surface area contributed by atoms with Gasteiger partial charge in [0, 0.05) is 11.8 Å². The molecule has 0 aliphatic carbocycles. The Morgan fingerprint density at radius 1 is 1.33 bits per heavy atom. The summed E-state index contributed by atoms with van der Waals surface area (Å²) >= 11 is 5.82. The van der Waals surface area contributed by atoms with Gasteiger partial charge in [-0.05, 0) is 23.1 Å². The van der Waals surface area contributed by atoms with Crippen LogP contribution in [0.15, 0.2) is 12.1 Å². The van der Waals surface area contributed by atoms with Crippen LogP contribution in [0.2, 0.25) is 5.02 Å². The Morgan fingerprint density at radius 3 is 2.33 bits per heavy atom. The number of rotatable bonds is 0. The third-order valence-electron chi connectivity index (χ3n) is 1.72. The highest BCUT2D eigenvalue weighted by molar-refractivity contribution is 6.30. The molecule has 1 aromatic rings. The summed E-state index contributed by atoms with van der Waals surface area (Å²) in [6.07, 6.45) is 0. The second-order valence-corrected chi connectivity index (χ2v) is 4.33. The van der Waals surface area contributed by atoms with E-state index in [1.54, 1.807) is 0 Å². The third-order valence-corrected chi connectivity index (χ3v) is 1.93. The maximum absolute atomic E-state index is 5.82. The van der Waals surface area contributed by atoms with Crippen LogP contribution in [0.5, 0.6) is 0 Å². The van der Waals surface area contributed by atoms with E-state index in [0.29, 0.717) is 10.7 Å². The van der Waals surface area contributed by atoms with Crippen molar-refractivity contribution >= 4 is 17.3 Å². The van der Waals surface area contributed by atoms with Gasteiger partial charge in [0.2, 0.25) is 0 Å².